The highest BCUT2D eigenvalue weighted by molar-refractivity contribution is 7.86. The molecular weight excluding hydrogens is 697 g/mol. The molecule has 1 aromatic heterocycles. The van der Waals surface area contributed by atoms with Gasteiger partial charge in [0.1, 0.15) is 11.4 Å². The fraction of sp³-hybridized carbons (Fsp3) is 0.351. The van der Waals surface area contributed by atoms with Crippen LogP contribution in [0.1, 0.15) is 57.6 Å². The number of rotatable bonds is 15. The Hall–Kier alpha value is -3.88. The molecule has 2 aliphatic heterocycles. The summed E-state index contributed by atoms with van der Waals surface area (Å²) >= 11 is 1.58. The number of hydrogen-bond donors (Lipinski definition) is 3. The van der Waals surface area contributed by atoms with E-state index in [1.54, 1.807) is 11.3 Å². The quantitative estimate of drug-likeness (QED) is 0.0848. The number of carboxylic acids is 1. The van der Waals surface area contributed by atoms with Crippen molar-refractivity contribution in [1.82, 2.24) is 0 Å². The van der Waals surface area contributed by atoms with Crippen LogP contribution in [0.3, 0.4) is 0 Å². The van der Waals surface area contributed by atoms with Gasteiger partial charge in [-0.25, -0.2) is 0 Å². The van der Waals surface area contributed by atoms with Gasteiger partial charge in [0.15, 0.2) is 12.3 Å². The van der Waals surface area contributed by atoms with E-state index in [0.717, 1.165) is 43.3 Å². The number of nitrogens with zero attached hydrogens (tertiary/aromatic N) is 2. The zero-order valence-corrected chi connectivity index (χ0v) is 30.8. The molecule has 0 saturated carbocycles. The van der Waals surface area contributed by atoms with Gasteiger partial charge in [0.2, 0.25) is 5.69 Å². The van der Waals surface area contributed by atoms with E-state index in [1.807, 2.05) is 91.9 Å². The van der Waals surface area contributed by atoms with Crippen molar-refractivity contribution in [3.05, 3.63) is 108 Å². The molecule has 3 heterocycles. The first kappa shape index (κ1) is 37.4. The first-order chi connectivity index (χ1) is 23.5. The summed E-state index contributed by atoms with van der Waals surface area (Å²) in [6, 6.07) is 16.0. The molecule has 0 aliphatic carbocycles. The van der Waals surface area contributed by atoms with Crippen LogP contribution in [0, 0.1) is 0 Å². The van der Waals surface area contributed by atoms with Gasteiger partial charge in [-0.1, -0.05) is 66.8 Å². The first-order valence-corrected chi connectivity index (χ1v) is 20.4. The van der Waals surface area contributed by atoms with Crippen LogP contribution < -0.4 is 4.90 Å². The predicted molar refractivity (Wildman–Crippen MR) is 200 cm³/mol. The van der Waals surface area contributed by atoms with Gasteiger partial charge in [-0.2, -0.15) is 21.4 Å². The van der Waals surface area contributed by atoms with Crippen LogP contribution in [0.5, 0.6) is 0 Å². The SMILES string of the molecule is CC1(C)C(/C=C/C=C/C=C/C=C2\N(CCCS(=O)(=O)O)c3sc4ccccc4c3C2(C)CCCS(=O)(=O)O)=[N+](CCC(=O)O)c2ccccc21. The average Bonchev–Trinajstić information content (AvgIpc) is 3.59. The molecule has 0 fully saturated rings. The summed E-state index contributed by atoms with van der Waals surface area (Å²) in [6.45, 7) is 6.98. The van der Waals surface area contributed by atoms with Gasteiger partial charge in [0, 0.05) is 45.6 Å². The smallest absolute Gasteiger partial charge is 0.309 e. The van der Waals surface area contributed by atoms with Crippen molar-refractivity contribution in [3.63, 3.8) is 0 Å². The molecule has 1 unspecified atom stereocenters. The lowest BCUT2D eigenvalue weighted by molar-refractivity contribution is -0.436. The molecule has 1 atom stereocenters. The topological polar surface area (TPSA) is 152 Å². The number of aliphatic carboxylic acids is 1. The van der Waals surface area contributed by atoms with Gasteiger partial charge in [-0.15, -0.1) is 11.3 Å². The Balaban J connectivity index is 1.45. The molecule has 266 valence electrons. The highest BCUT2D eigenvalue weighted by atomic mass is 32.2. The van der Waals surface area contributed by atoms with Crippen LogP contribution >= 0.6 is 11.3 Å². The Kier molecular flexibility index (Phi) is 11.0. The predicted octanol–water partition coefficient (Wildman–Crippen LogP) is 7.03. The number of benzene rings is 2. The lowest BCUT2D eigenvalue weighted by atomic mass is 9.77. The number of hydrogen-bond acceptors (Lipinski definition) is 7. The van der Waals surface area contributed by atoms with Gasteiger partial charge in [0.05, 0.1) is 16.9 Å². The number of fused-ring (bicyclic) bond motifs is 4. The minimum atomic E-state index is -4.17. The van der Waals surface area contributed by atoms with Crippen LogP contribution in [0.25, 0.3) is 10.1 Å². The summed E-state index contributed by atoms with van der Waals surface area (Å²) in [5, 5.41) is 11.3. The maximum atomic E-state index is 11.7. The molecule has 0 saturated heterocycles. The van der Waals surface area contributed by atoms with Gasteiger partial charge >= 0.3 is 5.97 Å². The van der Waals surface area contributed by atoms with E-state index in [4.69, 9.17) is 0 Å². The average molecular weight is 740 g/mol. The van der Waals surface area contributed by atoms with E-state index in [9.17, 15) is 35.8 Å². The lowest BCUT2D eigenvalue weighted by Crippen LogP contribution is -2.30. The van der Waals surface area contributed by atoms with Crippen molar-refractivity contribution in [2.24, 2.45) is 0 Å². The Morgan fingerprint density at radius 3 is 2.24 bits per heavy atom. The van der Waals surface area contributed by atoms with Crippen LogP contribution in [0.15, 0.2) is 96.8 Å². The maximum Gasteiger partial charge on any atom is 0.309 e. The van der Waals surface area contributed by atoms with Crippen molar-refractivity contribution in [2.45, 2.75) is 57.3 Å². The summed E-state index contributed by atoms with van der Waals surface area (Å²) in [5.41, 5.74) is 4.08. The number of thiophene rings is 1. The minimum absolute atomic E-state index is 0.0128. The molecule has 10 nitrogen and oxygen atoms in total. The molecule has 0 bridgehead atoms. The minimum Gasteiger partial charge on any atom is -0.481 e. The van der Waals surface area contributed by atoms with E-state index < -0.39 is 37.4 Å². The molecule has 2 aromatic carbocycles. The van der Waals surface area contributed by atoms with Crippen molar-refractivity contribution >= 4 is 64.0 Å². The Morgan fingerprint density at radius 2 is 1.52 bits per heavy atom. The van der Waals surface area contributed by atoms with Crippen LogP contribution in [0.4, 0.5) is 10.7 Å². The number of carboxylic acid groups (broad SMARTS) is 1. The molecule has 0 radical (unpaired) electrons. The molecule has 13 heteroatoms. The Morgan fingerprint density at radius 1 is 0.880 bits per heavy atom. The fourth-order valence-corrected chi connectivity index (χ4v) is 9.50. The van der Waals surface area contributed by atoms with E-state index in [0.29, 0.717) is 19.5 Å². The second-order valence-electron chi connectivity index (χ2n) is 13.3. The van der Waals surface area contributed by atoms with Gasteiger partial charge < -0.3 is 10.0 Å². The fourth-order valence-electron chi connectivity index (χ4n) is 7.13. The Bertz CT molecular complexity index is 2160. The molecule has 0 amide bonds. The normalized spacial score (nSPS) is 19.9. The summed E-state index contributed by atoms with van der Waals surface area (Å²) in [6.07, 6.45) is 14.2. The molecule has 2 aliphatic rings. The van der Waals surface area contributed by atoms with Crippen molar-refractivity contribution in [1.29, 1.82) is 0 Å². The van der Waals surface area contributed by atoms with Gasteiger partial charge in [-0.05, 0) is 57.6 Å². The van der Waals surface area contributed by atoms with Gasteiger partial charge in [0.25, 0.3) is 20.2 Å². The molecule has 0 spiro atoms. The van der Waals surface area contributed by atoms with Crippen molar-refractivity contribution in [3.8, 4) is 0 Å². The zero-order valence-electron chi connectivity index (χ0n) is 28.3. The largest absolute Gasteiger partial charge is 0.481 e. The summed E-state index contributed by atoms with van der Waals surface area (Å²) in [7, 11) is -8.33. The van der Waals surface area contributed by atoms with Crippen molar-refractivity contribution < 1.29 is 40.4 Å². The monoisotopic (exact) mass is 739 g/mol. The molecular formula is C37H43N2O8S3+. The molecule has 50 heavy (non-hydrogen) atoms. The third-order valence-corrected chi connectivity index (χ3v) is 12.2. The summed E-state index contributed by atoms with van der Waals surface area (Å²) in [4.78, 5) is 13.5. The summed E-state index contributed by atoms with van der Waals surface area (Å²) < 4.78 is 68.5. The number of allylic oxidation sites excluding steroid dienone is 8. The maximum absolute atomic E-state index is 11.7. The van der Waals surface area contributed by atoms with Crippen molar-refractivity contribution in [2.75, 3.05) is 29.5 Å². The molecule has 3 aromatic rings. The van der Waals surface area contributed by atoms with Crippen LogP contribution in [-0.4, -0.2) is 71.9 Å². The zero-order chi connectivity index (χ0) is 36.3. The molecule has 5 rings (SSSR count). The third kappa shape index (κ3) is 8.18. The number of para-hydroxylation sites is 1. The van der Waals surface area contributed by atoms with Gasteiger partial charge in [-0.3, -0.25) is 13.9 Å². The Labute approximate surface area is 298 Å². The standard InChI is InChI=1S/C37H42N2O8S3/c1-36(2)28-16-10-11-17-29(28)38(24-21-33(40)41)31(36)19-7-5-4-6-8-20-32-37(3,22-13-25-49(42,43)44)34-27-15-9-12-18-30(27)48-35(34)39(32)23-14-26-50(45,46)47/h4-12,15-20H,13-14,21-26H2,1-3H3,(H2-,40,41,42,43,44,45,46,47)/p+1. The second kappa shape index (κ2) is 14.8. The lowest BCUT2D eigenvalue weighted by Gasteiger charge is -2.31. The third-order valence-electron chi connectivity index (χ3n) is 9.39. The number of carbonyl (C=O) groups is 1. The van der Waals surface area contributed by atoms with E-state index in [2.05, 4.69) is 29.4 Å². The first-order valence-electron chi connectivity index (χ1n) is 16.4. The van der Waals surface area contributed by atoms with E-state index in [-0.39, 0.29) is 30.4 Å². The van der Waals surface area contributed by atoms with Crippen LogP contribution in [0.2, 0.25) is 0 Å². The highest BCUT2D eigenvalue weighted by Gasteiger charge is 2.46. The van der Waals surface area contributed by atoms with E-state index >= 15 is 0 Å². The number of anilines is 1. The van der Waals surface area contributed by atoms with Crippen LogP contribution in [-0.2, 0) is 35.9 Å². The second-order valence-corrected chi connectivity index (χ2v) is 17.5. The summed E-state index contributed by atoms with van der Waals surface area (Å²) in [5.74, 6) is -1.63. The van der Waals surface area contributed by atoms with E-state index in [1.165, 1.54) is 0 Å². The molecule has 3 N–H and O–H groups in total. The highest BCUT2D eigenvalue weighted by Crippen LogP contribution is 2.57.